The highest BCUT2D eigenvalue weighted by molar-refractivity contribution is 5.46. The molecule has 0 radical (unpaired) electrons. The maximum Gasteiger partial charge on any atom is 0.165 e. The van der Waals surface area contributed by atoms with Crippen LogP contribution in [0.1, 0.15) is 5.56 Å². The highest BCUT2D eigenvalue weighted by atomic mass is 19.1. The van der Waals surface area contributed by atoms with Crippen molar-refractivity contribution in [2.24, 2.45) is 5.73 Å². The standard InChI is InChI=1S/C10H14FNO2/c1-13-9-4-3-8(11)10(14-2)7(9)5-6-12/h3-4H,5-6,12H2,1-2H3. The van der Waals surface area contributed by atoms with Gasteiger partial charge in [0.1, 0.15) is 5.75 Å². The molecule has 1 aromatic carbocycles. The van der Waals surface area contributed by atoms with Crippen molar-refractivity contribution in [2.75, 3.05) is 20.8 Å². The first kappa shape index (κ1) is 10.8. The van der Waals surface area contributed by atoms with Gasteiger partial charge in [-0.25, -0.2) is 4.39 Å². The van der Waals surface area contributed by atoms with Crippen LogP contribution in [0.15, 0.2) is 12.1 Å². The molecule has 0 aliphatic carbocycles. The largest absolute Gasteiger partial charge is 0.496 e. The van der Waals surface area contributed by atoms with E-state index >= 15 is 0 Å². The van der Waals surface area contributed by atoms with Gasteiger partial charge < -0.3 is 15.2 Å². The van der Waals surface area contributed by atoms with Crippen LogP contribution in [0.5, 0.6) is 11.5 Å². The minimum atomic E-state index is -0.392. The van der Waals surface area contributed by atoms with Crippen molar-refractivity contribution in [3.63, 3.8) is 0 Å². The molecule has 0 aromatic heterocycles. The van der Waals surface area contributed by atoms with Crippen LogP contribution >= 0.6 is 0 Å². The van der Waals surface area contributed by atoms with Crippen LogP contribution in [0, 0.1) is 5.82 Å². The van der Waals surface area contributed by atoms with Crippen molar-refractivity contribution in [3.05, 3.63) is 23.5 Å². The summed E-state index contributed by atoms with van der Waals surface area (Å²) in [5, 5.41) is 0. The topological polar surface area (TPSA) is 44.5 Å². The lowest BCUT2D eigenvalue weighted by Gasteiger charge is -2.12. The van der Waals surface area contributed by atoms with Crippen molar-refractivity contribution < 1.29 is 13.9 Å². The van der Waals surface area contributed by atoms with E-state index in [0.717, 1.165) is 0 Å². The molecule has 0 heterocycles. The monoisotopic (exact) mass is 199 g/mol. The average Bonchev–Trinajstić information content (AvgIpc) is 2.19. The van der Waals surface area contributed by atoms with E-state index in [0.29, 0.717) is 24.3 Å². The Kier molecular flexibility index (Phi) is 3.71. The van der Waals surface area contributed by atoms with Crippen LogP contribution in [0.25, 0.3) is 0 Å². The fraction of sp³-hybridized carbons (Fsp3) is 0.400. The Bertz CT molecular complexity index is 315. The maximum absolute atomic E-state index is 13.3. The first-order valence-corrected chi connectivity index (χ1v) is 4.34. The third-order valence-electron chi connectivity index (χ3n) is 1.99. The molecule has 0 fully saturated rings. The zero-order chi connectivity index (χ0) is 10.6. The Morgan fingerprint density at radius 3 is 2.50 bits per heavy atom. The lowest BCUT2D eigenvalue weighted by atomic mass is 10.1. The number of hydrogen-bond acceptors (Lipinski definition) is 3. The second-order valence-corrected chi connectivity index (χ2v) is 2.80. The highest BCUT2D eigenvalue weighted by Crippen LogP contribution is 2.31. The molecular weight excluding hydrogens is 185 g/mol. The quantitative estimate of drug-likeness (QED) is 0.796. The van der Waals surface area contributed by atoms with E-state index in [2.05, 4.69) is 0 Å². The van der Waals surface area contributed by atoms with Gasteiger partial charge in [0.2, 0.25) is 0 Å². The van der Waals surface area contributed by atoms with Crippen LogP contribution in [0.3, 0.4) is 0 Å². The molecule has 78 valence electrons. The van der Waals surface area contributed by atoms with Crippen molar-refractivity contribution in [1.29, 1.82) is 0 Å². The van der Waals surface area contributed by atoms with Gasteiger partial charge >= 0.3 is 0 Å². The molecule has 1 rings (SSSR count). The maximum atomic E-state index is 13.3. The molecule has 0 amide bonds. The van der Waals surface area contributed by atoms with Crippen molar-refractivity contribution >= 4 is 0 Å². The third-order valence-corrected chi connectivity index (χ3v) is 1.99. The number of benzene rings is 1. The van der Waals surface area contributed by atoms with Crippen LogP contribution in [-0.4, -0.2) is 20.8 Å². The van der Waals surface area contributed by atoms with Crippen LogP contribution in [-0.2, 0) is 6.42 Å². The predicted octanol–water partition coefficient (Wildman–Crippen LogP) is 1.34. The molecule has 0 aliphatic heterocycles. The molecule has 14 heavy (non-hydrogen) atoms. The van der Waals surface area contributed by atoms with E-state index in [1.807, 2.05) is 0 Å². The number of hydrogen-bond donors (Lipinski definition) is 1. The summed E-state index contributed by atoms with van der Waals surface area (Å²) >= 11 is 0. The summed E-state index contributed by atoms with van der Waals surface area (Å²) in [5.41, 5.74) is 6.10. The number of halogens is 1. The number of nitrogens with two attached hydrogens (primary N) is 1. The molecule has 0 saturated heterocycles. The molecule has 0 atom stereocenters. The van der Waals surface area contributed by atoms with E-state index in [9.17, 15) is 4.39 Å². The lowest BCUT2D eigenvalue weighted by molar-refractivity contribution is 0.365. The smallest absolute Gasteiger partial charge is 0.165 e. The SMILES string of the molecule is COc1ccc(F)c(OC)c1CCN. The zero-order valence-electron chi connectivity index (χ0n) is 8.34. The van der Waals surface area contributed by atoms with Gasteiger partial charge in [-0.15, -0.1) is 0 Å². The number of ether oxygens (including phenoxy) is 2. The first-order chi connectivity index (χ1) is 6.74. The Morgan fingerprint density at radius 1 is 1.29 bits per heavy atom. The Labute approximate surface area is 82.6 Å². The van der Waals surface area contributed by atoms with Crippen LogP contribution in [0.2, 0.25) is 0 Å². The second kappa shape index (κ2) is 4.81. The van der Waals surface area contributed by atoms with Crippen molar-refractivity contribution in [2.45, 2.75) is 6.42 Å². The Hall–Kier alpha value is -1.29. The fourth-order valence-electron chi connectivity index (χ4n) is 1.37. The van der Waals surface area contributed by atoms with Gasteiger partial charge in [-0.05, 0) is 25.1 Å². The van der Waals surface area contributed by atoms with E-state index < -0.39 is 5.82 Å². The van der Waals surface area contributed by atoms with Gasteiger partial charge in [-0.2, -0.15) is 0 Å². The summed E-state index contributed by atoms with van der Waals surface area (Å²) in [6.45, 7) is 0.427. The lowest BCUT2D eigenvalue weighted by Crippen LogP contribution is -2.07. The first-order valence-electron chi connectivity index (χ1n) is 4.34. The van der Waals surface area contributed by atoms with Gasteiger partial charge in [-0.1, -0.05) is 0 Å². The Balaban J connectivity index is 3.21. The van der Waals surface area contributed by atoms with E-state index in [1.165, 1.54) is 20.3 Å². The van der Waals surface area contributed by atoms with Gasteiger partial charge in [0.25, 0.3) is 0 Å². The Morgan fingerprint density at radius 2 is 2.00 bits per heavy atom. The molecule has 0 spiro atoms. The van der Waals surface area contributed by atoms with Gasteiger partial charge in [0.15, 0.2) is 11.6 Å². The summed E-state index contributed by atoms with van der Waals surface area (Å²) < 4.78 is 23.3. The summed E-state index contributed by atoms with van der Waals surface area (Å²) in [6.07, 6.45) is 0.532. The number of rotatable bonds is 4. The summed E-state index contributed by atoms with van der Waals surface area (Å²) in [5.74, 6) is 0.431. The van der Waals surface area contributed by atoms with Crippen molar-refractivity contribution in [1.82, 2.24) is 0 Å². The van der Waals surface area contributed by atoms with E-state index in [-0.39, 0.29) is 5.75 Å². The summed E-state index contributed by atoms with van der Waals surface area (Å²) in [7, 11) is 2.96. The molecule has 4 heteroatoms. The van der Waals surface area contributed by atoms with Gasteiger partial charge in [0, 0.05) is 5.56 Å². The van der Waals surface area contributed by atoms with Gasteiger partial charge in [0.05, 0.1) is 14.2 Å². The fourth-order valence-corrected chi connectivity index (χ4v) is 1.37. The summed E-state index contributed by atoms with van der Waals surface area (Å²) in [4.78, 5) is 0. The number of methoxy groups -OCH3 is 2. The molecule has 2 N–H and O–H groups in total. The molecule has 1 aromatic rings. The zero-order valence-corrected chi connectivity index (χ0v) is 8.34. The van der Waals surface area contributed by atoms with Gasteiger partial charge in [-0.3, -0.25) is 0 Å². The van der Waals surface area contributed by atoms with Crippen LogP contribution in [0.4, 0.5) is 4.39 Å². The third kappa shape index (κ3) is 1.96. The highest BCUT2D eigenvalue weighted by Gasteiger charge is 2.13. The van der Waals surface area contributed by atoms with Crippen molar-refractivity contribution in [3.8, 4) is 11.5 Å². The minimum absolute atomic E-state index is 0.217. The normalized spacial score (nSPS) is 10.0. The molecule has 0 bridgehead atoms. The molecule has 0 unspecified atom stereocenters. The van der Waals surface area contributed by atoms with E-state index in [4.69, 9.17) is 15.2 Å². The predicted molar refractivity (Wildman–Crippen MR) is 52.3 cm³/mol. The molecule has 3 nitrogen and oxygen atoms in total. The summed E-state index contributed by atoms with van der Waals surface area (Å²) in [6, 6.07) is 2.89. The molecular formula is C10H14FNO2. The molecule has 0 aliphatic rings. The minimum Gasteiger partial charge on any atom is -0.496 e. The van der Waals surface area contributed by atoms with E-state index in [1.54, 1.807) is 6.07 Å². The second-order valence-electron chi connectivity index (χ2n) is 2.80. The van der Waals surface area contributed by atoms with Crippen LogP contribution < -0.4 is 15.2 Å². The average molecular weight is 199 g/mol. The molecule has 0 saturated carbocycles.